The van der Waals surface area contributed by atoms with Crippen molar-refractivity contribution < 1.29 is 10.2 Å². The quantitative estimate of drug-likeness (QED) is 0.757. The number of fused-ring (bicyclic) bond motifs is 5. The Kier molecular flexibility index (Phi) is 2.69. The molecule has 0 aliphatic heterocycles. The van der Waals surface area contributed by atoms with Gasteiger partial charge in [0.2, 0.25) is 0 Å². The van der Waals surface area contributed by atoms with Crippen LogP contribution in [0, 0.1) is 17.3 Å². The number of rotatable bonds is 0. The van der Waals surface area contributed by atoms with E-state index in [-0.39, 0.29) is 11.5 Å². The molecule has 2 saturated carbocycles. The van der Waals surface area contributed by atoms with Gasteiger partial charge in [0.05, 0.1) is 6.10 Å². The zero-order valence-electron chi connectivity index (χ0n) is 12.2. The molecular formula is C18H24O2. The minimum atomic E-state index is -0.0883. The van der Waals surface area contributed by atoms with E-state index in [0.29, 0.717) is 17.6 Å². The number of aromatic hydroxyl groups is 1. The Morgan fingerprint density at radius 2 is 2.00 bits per heavy atom. The van der Waals surface area contributed by atoms with Crippen molar-refractivity contribution >= 4 is 0 Å². The van der Waals surface area contributed by atoms with Crippen LogP contribution in [0.15, 0.2) is 18.2 Å². The summed E-state index contributed by atoms with van der Waals surface area (Å²) in [5, 5.41) is 20.0. The number of benzene rings is 1. The van der Waals surface area contributed by atoms with Crippen molar-refractivity contribution in [2.24, 2.45) is 17.3 Å². The second-order valence-corrected chi connectivity index (χ2v) is 7.44. The van der Waals surface area contributed by atoms with Crippen LogP contribution in [0.1, 0.15) is 56.1 Å². The molecule has 2 heteroatoms. The monoisotopic (exact) mass is 272 g/mol. The van der Waals surface area contributed by atoms with Gasteiger partial charge in [0.1, 0.15) is 5.75 Å². The zero-order chi connectivity index (χ0) is 13.9. The van der Waals surface area contributed by atoms with Crippen LogP contribution in [0.25, 0.3) is 0 Å². The van der Waals surface area contributed by atoms with Gasteiger partial charge in [0.25, 0.3) is 0 Å². The highest BCUT2D eigenvalue weighted by molar-refractivity contribution is 5.40. The second kappa shape index (κ2) is 4.24. The number of aliphatic hydroxyl groups excluding tert-OH is 1. The Morgan fingerprint density at radius 1 is 1.15 bits per heavy atom. The molecule has 0 heterocycles. The summed E-state index contributed by atoms with van der Waals surface area (Å²) >= 11 is 0. The van der Waals surface area contributed by atoms with Crippen LogP contribution in [-0.4, -0.2) is 16.3 Å². The molecule has 3 aliphatic carbocycles. The molecule has 2 fully saturated rings. The molecule has 0 bridgehead atoms. The van der Waals surface area contributed by atoms with Crippen molar-refractivity contribution in [3.63, 3.8) is 0 Å². The summed E-state index contributed by atoms with van der Waals surface area (Å²) in [6.45, 7) is 2.32. The van der Waals surface area contributed by atoms with Crippen LogP contribution in [0.3, 0.4) is 0 Å². The Hall–Kier alpha value is -1.02. The van der Waals surface area contributed by atoms with Crippen molar-refractivity contribution in [3.8, 4) is 5.75 Å². The molecular weight excluding hydrogens is 248 g/mol. The van der Waals surface area contributed by atoms with E-state index >= 15 is 0 Å². The SMILES string of the molecule is C[C@]12CCC3c4ccc(O)cc4CCC3C1CCC2O. The second-order valence-electron chi connectivity index (χ2n) is 7.44. The lowest BCUT2D eigenvalue weighted by Crippen LogP contribution is -2.43. The Balaban J connectivity index is 1.71. The normalized spacial score (nSPS) is 42.7. The van der Waals surface area contributed by atoms with Gasteiger partial charge < -0.3 is 10.2 Å². The first-order valence-corrected chi connectivity index (χ1v) is 8.09. The maximum Gasteiger partial charge on any atom is 0.115 e. The molecule has 5 atom stereocenters. The fourth-order valence-corrected chi connectivity index (χ4v) is 5.54. The van der Waals surface area contributed by atoms with Crippen LogP contribution < -0.4 is 0 Å². The molecule has 4 rings (SSSR count). The number of hydrogen-bond donors (Lipinski definition) is 2. The minimum Gasteiger partial charge on any atom is -0.508 e. The van der Waals surface area contributed by atoms with Crippen molar-refractivity contribution in [3.05, 3.63) is 29.3 Å². The fraction of sp³-hybridized carbons (Fsp3) is 0.667. The Morgan fingerprint density at radius 3 is 2.85 bits per heavy atom. The van der Waals surface area contributed by atoms with Gasteiger partial charge >= 0.3 is 0 Å². The lowest BCUT2D eigenvalue weighted by molar-refractivity contribution is -0.0226. The fourth-order valence-electron chi connectivity index (χ4n) is 5.54. The number of hydrogen-bond acceptors (Lipinski definition) is 2. The predicted molar refractivity (Wildman–Crippen MR) is 78.7 cm³/mol. The summed E-state index contributed by atoms with van der Waals surface area (Å²) in [4.78, 5) is 0. The smallest absolute Gasteiger partial charge is 0.115 e. The van der Waals surface area contributed by atoms with Crippen molar-refractivity contribution in [1.29, 1.82) is 0 Å². The molecule has 0 aromatic heterocycles. The largest absolute Gasteiger partial charge is 0.508 e. The highest BCUT2D eigenvalue weighted by Gasteiger charge is 2.54. The number of aryl methyl sites for hydroxylation is 1. The van der Waals surface area contributed by atoms with E-state index in [0.717, 1.165) is 25.2 Å². The van der Waals surface area contributed by atoms with E-state index in [1.54, 1.807) is 0 Å². The van der Waals surface area contributed by atoms with E-state index in [1.165, 1.54) is 30.4 Å². The van der Waals surface area contributed by atoms with E-state index in [1.807, 2.05) is 12.1 Å². The topological polar surface area (TPSA) is 40.5 Å². The van der Waals surface area contributed by atoms with Gasteiger partial charge in [-0.15, -0.1) is 0 Å². The van der Waals surface area contributed by atoms with Crippen LogP contribution in [0.4, 0.5) is 0 Å². The van der Waals surface area contributed by atoms with Gasteiger partial charge in [0, 0.05) is 0 Å². The molecule has 2 nitrogen and oxygen atoms in total. The molecule has 4 unspecified atom stereocenters. The van der Waals surface area contributed by atoms with E-state index in [2.05, 4.69) is 13.0 Å². The number of aliphatic hydroxyl groups is 1. The van der Waals surface area contributed by atoms with E-state index in [9.17, 15) is 10.2 Å². The van der Waals surface area contributed by atoms with Crippen molar-refractivity contribution in [2.75, 3.05) is 0 Å². The van der Waals surface area contributed by atoms with Crippen molar-refractivity contribution in [1.82, 2.24) is 0 Å². The number of phenolic OH excluding ortho intramolecular Hbond substituents is 1. The molecule has 0 amide bonds. The highest BCUT2D eigenvalue weighted by Crippen LogP contribution is 2.60. The summed E-state index contributed by atoms with van der Waals surface area (Å²) in [5.74, 6) is 2.49. The van der Waals surface area contributed by atoms with Gasteiger partial charge in [-0.25, -0.2) is 0 Å². The standard InChI is InChI=1S/C18H24O2/c1-18-9-8-14-13-5-3-12(19)10-11(13)2-4-15(14)16(18)6-7-17(18)20/h3,5,10,14-17,19-20H,2,4,6-9H2,1H3/t14?,15?,16?,17?,18-/m0/s1. The van der Waals surface area contributed by atoms with E-state index in [4.69, 9.17) is 0 Å². The van der Waals surface area contributed by atoms with Crippen LogP contribution in [0.2, 0.25) is 0 Å². The van der Waals surface area contributed by atoms with Crippen LogP contribution in [-0.2, 0) is 6.42 Å². The molecule has 3 aliphatic rings. The molecule has 0 radical (unpaired) electrons. The Labute approximate surface area is 120 Å². The first-order chi connectivity index (χ1) is 9.59. The molecule has 108 valence electrons. The maximum atomic E-state index is 10.4. The maximum absolute atomic E-state index is 10.4. The molecule has 1 aromatic carbocycles. The summed E-state index contributed by atoms with van der Waals surface area (Å²) in [5.41, 5.74) is 2.99. The summed E-state index contributed by atoms with van der Waals surface area (Å²) in [6, 6.07) is 5.96. The van der Waals surface area contributed by atoms with Crippen LogP contribution >= 0.6 is 0 Å². The predicted octanol–water partition coefficient (Wildman–Crippen LogP) is 3.61. The van der Waals surface area contributed by atoms with Crippen molar-refractivity contribution in [2.45, 2.75) is 57.5 Å². The first kappa shape index (κ1) is 12.7. The Bertz CT molecular complexity index is 538. The lowest BCUT2D eigenvalue weighted by atomic mass is 9.55. The summed E-state index contributed by atoms with van der Waals surface area (Å²) in [6.07, 6.45) is 6.78. The molecule has 0 saturated heterocycles. The lowest BCUT2D eigenvalue weighted by Gasteiger charge is -2.50. The average molecular weight is 272 g/mol. The van der Waals surface area contributed by atoms with Gasteiger partial charge in [0.15, 0.2) is 0 Å². The third-order valence-corrected chi connectivity index (χ3v) is 6.66. The van der Waals surface area contributed by atoms with Gasteiger partial charge in [-0.2, -0.15) is 0 Å². The molecule has 1 aromatic rings. The third kappa shape index (κ3) is 1.60. The average Bonchev–Trinajstić information content (AvgIpc) is 2.74. The van der Waals surface area contributed by atoms with Gasteiger partial charge in [-0.05, 0) is 85.0 Å². The molecule has 20 heavy (non-hydrogen) atoms. The molecule has 2 N–H and O–H groups in total. The van der Waals surface area contributed by atoms with E-state index < -0.39 is 0 Å². The van der Waals surface area contributed by atoms with Crippen LogP contribution in [0.5, 0.6) is 5.75 Å². The zero-order valence-corrected chi connectivity index (χ0v) is 12.2. The number of phenols is 1. The summed E-state index contributed by atoms with van der Waals surface area (Å²) in [7, 11) is 0. The molecule has 0 spiro atoms. The third-order valence-electron chi connectivity index (χ3n) is 6.66. The summed E-state index contributed by atoms with van der Waals surface area (Å²) < 4.78 is 0. The minimum absolute atomic E-state index is 0.0883. The van der Waals surface area contributed by atoms with Gasteiger partial charge in [-0.3, -0.25) is 0 Å². The highest BCUT2D eigenvalue weighted by atomic mass is 16.3. The van der Waals surface area contributed by atoms with Gasteiger partial charge in [-0.1, -0.05) is 13.0 Å². The first-order valence-electron chi connectivity index (χ1n) is 8.09.